The minimum absolute atomic E-state index is 0.481. The van der Waals surface area contributed by atoms with Gasteiger partial charge in [0.1, 0.15) is 10.8 Å². The van der Waals surface area contributed by atoms with Crippen LogP contribution >= 0.6 is 34.2 Å². The van der Waals surface area contributed by atoms with Crippen LogP contribution < -0.4 is 0 Å². The molecule has 0 unspecified atom stereocenters. The number of hydrogen-bond donors (Lipinski definition) is 0. The highest BCUT2D eigenvalue weighted by molar-refractivity contribution is 14.1. The SMILES string of the molecule is CCCn1cncc1-c1ncc(I)c(Cl)n1. The average molecular weight is 349 g/mol. The van der Waals surface area contributed by atoms with Crippen LogP contribution in [-0.4, -0.2) is 19.5 Å². The standard InChI is InChI=1S/C10H10ClIN4/c1-2-3-16-6-13-5-8(16)10-14-4-7(12)9(11)15-10/h4-6H,2-3H2,1H3. The van der Waals surface area contributed by atoms with E-state index in [0.717, 1.165) is 22.2 Å². The van der Waals surface area contributed by atoms with Crippen LogP contribution in [0.15, 0.2) is 18.7 Å². The molecule has 2 aromatic heterocycles. The highest BCUT2D eigenvalue weighted by Gasteiger charge is 2.09. The van der Waals surface area contributed by atoms with Crippen molar-refractivity contribution in [1.29, 1.82) is 0 Å². The van der Waals surface area contributed by atoms with Crippen molar-refractivity contribution in [3.05, 3.63) is 27.4 Å². The first-order chi connectivity index (χ1) is 7.72. The van der Waals surface area contributed by atoms with Gasteiger partial charge < -0.3 is 4.57 Å². The predicted molar refractivity (Wildman–Crippen MR) is 71.3 cm³/mol. The van der Waals surface area contributed by atoms with Crippen molar-refractivity contribution in [1.82, 2.24) is 19.5 Å². The van der Waals surface area contributed by atoms with E-state index in [0.29, 0.717) is 11.0 Å². The minimum Gasteiger partial charge on any atom is -0.328 e. The topological polar surface area (TPSA) is 43.6 Å². The number of hydrogen-bond acceptors (Lipinski definition) is 3. The van der Waals surface area contributed by atoms with Crippen molar-refractivity contribution in [2.75, 3.05) is 0 Å². The zero-order chi connectivity index (χ0) is 11.5. The zero-order valence-electron chi connectivity index (χ0n) is 8.69. The van der Waals surface area contributed by atoms with E-state index in [9.17, 15) is 0 Å². The zero-order valence-corrected chi connectivity index (χ0v) is 11.6. The van der Waals surface area contributed by atoms with Gasteiger partial charge >= 0.3 is 0 Å². The second-order valence-corrected chi connectivity index (χ2v) is 4.82. The molecule has 2 aromatic rings. The fraction of sp³-hybridized carbons (Fsp3) is 0.300. The maximum atomic E-state index is 5.97. The number of aryl methyl sites for hydroxylation is 1. The molecule has 0 saturated heterocycles. The molecule has 0 aliphatic heterocycles. The Morgan fingerprint density at radius 3 is 2.94 bits per heavy atom. The van der Waals surface area contributed by atoms with Gasteiger partial charge in [-0.3, -0.25) is 0 Å². The van der Waals surface area contributed by atoms with Gasteiger partial charge in [0, 0.05) is 12.7 Å². The van der Waals surface area contributed by atoms with Gasteiger partial charge in [0.25, 0.3) is 0 Å². The van der Waals surface area contributed by atoms with Crippen LogP contribution in [0.3, 0.4) is 0 Å². The molecular weight excluding hydrogens is 338 g/mol. The summed E-state index contributed by atoms with van der Waals surface area (Å²) >= 11 is 8.08. The number of rotatable bonds is 3. The highest BCUT2D eigenvalue weighted by Crippen LogP contribution is 2.20. The Morgan fingerprint density at radius 2 is 2.25 bits per heavy atom. The van der Waals surface area contributed by atoms with Crippen LogP contribution in [0.4, 0.5) is 0 Å². The maximum Gasteiger partial charge on any atom is 0.179 e. The first kappa shape index (κ1) is 11.8. The smallest absolute Gasteiger partial charge is 0.179 e. The third-order valence-electron chi connectivity index (χ3n) is 2.11. The van der Waals surface area contributed by atoms with Crippen molar-refractivity contribution in [2.24, 2.45) is 0 Å². The summed E-state index contributed by atoms with van der Waals surface area (Å²) in [5.74, 6) is 0.622. The number of imidazole rings is 1. The molecule has 16 heavy (non-hydrogen) atoms. The van der Waals surface area contributed by atoms with Gasteiger partial charge in [0.05, 0.1) is 16.1 Å². The molecule has 0 N–H and O–H groups in total. The van der Waals surface area contributed by atoms with Crippen LogP contribution in [0.1, 0.15) is 13.3 Å². The van der Waals surface area contributed by atoms with Gasteiger partial charge in [-0.05, 0) is 29.0 Å². The first-order valence-corrected chi connectivity index (χ1v) is 6.36. The van der Waals surface area contributed by atoms with E-state index >= 15 is 0 Å². The molecular formula is C10H10ClIN4. The van der Waals surface area contributed by atoms with E-state index in [4.69, 9.17) is 11.6 Å². The molecule has 6 heteroatoms. The van der Waals surface area contributed by atoms with E-state index in [1.807, 2.05) is 4.57 Å². The van der Waals surface area contributed by atoms with Crippen LogP contribution in [-0.2, 0) is 6.54 Å². The molecule has 0 spiro atoms. The van der Waals surface area contributed by atoms with Crippen molar-refractivity contribution < 1.29 is 0 Å². The van der Waals surface area contributed by atoms with E-state index < -0.39 is 0 Å². The molecule has 0 aromatic carbocycles. The van der Waals surface area contributed by atoms with Gasteiger partial charge in [-0.15, -0.1) is 0 Å². The number of halogens is 2. The lowest BCUT2D eigenvalue weighted by Crippen LogP contribution is -2.00. The average Bonchev–Trinajstić information content (AvgIpc) is 2.71. The quantitative estimate of drug-likeness (QED) is 0.632. The number of aromatic nitrogens is 4. The van der Waals surface area contributed by atoms with Gasteiger partial charge in [-0.2, -0.15) is 0 Å². The Hall–Kier alpha value is -0.690. The molecule has 0 atom stereocenters. The fourth-order valence-electron chi connectivity index (χ4n) is 1.40. The van der Waals surface area contributed by atoms with Gasteiger partial charge in [0.2, 0.25) is 0 Å². The molecule has 0 aliphatic rings. The summed E-state index contributed by atoms with van der Waals surface area (Å²) in [5, 5.41) is 0.481. The molecule has 2 rings (SSSR count). The maximum absolute atomic E-state index is 5.97. The Bertz CT molecular complexity index is 497. The largest absolute Gasteiger partial charge is 0.328 e. The second kappa shape index (κ2) is 5.09. The summed E-state index contributed by atoms with van der Waals surface area (Å²) in [6, 6.07) is 0. The minimum atomic E-state index is 0.481. The lowest BCUT2D eigenvalue weighted by Gasteiger charge is -2.05. The van der Waals surface area contributed by atoms with Crippen molar-refractivity contribution in [3.8, 4) is 11.5 Å². The first-order valence-electron chi connectivity index (χ1n) is 4.91. The van der Waals surface area contributed by atoms with Gasteiger partial charge in [-0.1, -0.05) is 18.5 Å². The van der Waals surface area contributed by atoms with Gasteiger partial charge in [-0.25, -0.2) is 15.0 Å². The fourth-order valence-corrected chi connectivity index (χ4v) is 1.78. The molecule has 0 radical (unpaired) electrons. The van der Waals surface area contributed by atoms with Crippen LogP contribution in [0.2, 0.25) is 5.15 Å². The molecule has 0 bridgehead atoms. The summed E-state index contributed by atoms with van der Waals surface area (Å²) in [5.41, 5.74) is 0.903. The summed E-state index contributed by atoms with van der Waals surface area (Å²) in [6.45, 7) is 3.02. The van der Waals surface area contributed by atoms with Crippen molar-refractivity contribution in [3.63, 3.8) is 0 Å². The predicted octanol–water partition coefficient (Wildman–Crippen LogP) is 3.01. The Balaban J connectivity index is 2.42. The third-order valence-corrected chi connectivity index (χ3v) is 3.50. The van der Waals surface area contributed by atoms with E-state index in [2.05, 4.69) is 44.5 Å². The van der Waals surface area contributed by atoms with E-state index in [-0.39, 0.29) is 0 Å². The molecule has 0 amide bonds. The normalized spacial score (nSPS) is 10.7. The van der Waals surface area contributed by atoms with E-state index in [1.54, 1.807) is 18.7 Å². The van der Waals surface area contributed by atoms with E-state index in [1.165, 1.54) is 0 Å². The number of nitrogens with zero attached hydrogens (tertiary/aromatic N) is 4. The second-order valence-electron chi connectivity index (χ2n) is 3.30. The highest BCUT2D eigenvalue weighted by atomic mass is 127. The third kappa shape index (κ3) is 2.35. The molecule has 84 valence electrons. The summed E-state index contributed by atoms with van der Waals surface area (Å²) < 4.78 is 2.88. The summed E-state index contributed by atoms with van der Waals surface area (Å²) in [7, 11) is 0. The summed E-state index contributed by atoms with van der Waals surface area (Å²) in [6.07, 6.45) is 6.30. The van der Waals surface area contributed by atoms with Gasteiger partial charge in [0.15, 0.2) is 5.82 Å². The lowest BCUT2D eigenvalue weighted by atomic mass is 10.4. The van der Waals surface area contributed by atoms with Crippen LogP contribution in [0, 0.1) is 3.57 Å². The Labute approximate surface area is 112 Å². The Morgan fingerprint density at radius 1 is 1.44 bits per heavy atom. The van der Waals surface area contributed by atoms with Crippen molar-refractivity contribution >= 4 is 34.2 Å². The molecule has 0 aliphatic carbocycles. The van der Waals surface area contributed by atoms with Crippen LogP contribution in [0.25, 0.3) is 11.5 Å². The van der Waals surface area contributed by atoms with Crippen molar-refractivity contribution in [2.45, 2.75) is 19.9 Å². The molecule has 4 nitrogen and oxygen atoms in total. The molecule has 0 fully saturated rings. The Kier molecular flexibility index (Phi) is 3.75. The van der Waals surface area contributed by atoms with Crippen LogP contribution in [0.5, 0.6) is 0 Å². The monoisotopic (exact) mass is 348 g/mol. The molecule has 2 heterocycles. The summed E-state index contributed by atoms with van der Waals surface area (Å²) in [4.78, 5) is 12.6. The molecule has 0 saturated carbocycles. The lowest BCUT2D eigenvalue weighted by molar-refractivity contribution is 0.681.